The second-order valence-corrected chi connectivity index (χ2v) is 19.4. The van der Waals surface area contributed by atoms with Crippen LogP contribution < -0.4 is 4.90 Å². The van der Waals surface area contributed by atoms with Crippen molar-refractivity contribution < 1.29 is 0 Å². The third kappa shape index (κ3) is 6.57. The van der Waals surface area contributed by atoms with Crippen molar-refractivity contribution in [3.63, 3.8) is 0 Å². The summed E-state index contributed by atoms with van der Waals surface area (Å²) in [5, 5.41) is 4.89. The van der Waals surface area contributed by atoms with Gasteiger partial charge >= 0.3 is 0 Å². The molecular weight excluding hydrogens is 841 g/mol. The van der Waals surface area contributed by atoms with Gasteiger partial charge in [0.2, 0.25) is 0 Å². The summed E-state index contributed by atoms with van der Waals surface area (Å²) in [7, 11) is 0. The zero-order chi connectivity index (χ0) is 46.7. The van der Waals surface area contributed by atoms with Crippen LogP contribution in [0.3, 0.4) is 0 Å². The monoisotopic (exact) mass is 890 g/mol. The van der Waals surface area contributed by atoms with Crippen LogP contribution in [0.1, 0.15) is 46.2 Å². The molecule has 11 aromatic rings. The summed E-state index contributed by atoms with van der Waals surface area (Å²) in [5.41, 5.74) is 20.5. The number of nitrogens with zero attached hydrogens (tertiary/aromatic N) is 6. The van der Waals surface area contributed by atoms with E-state index < -0.39 is 0 Å². The van der Waals surface area contributed by atoms with Crippen molar-refractivity contribution in [3.05, 3.63) is 221 Å². The van der Waals surface area contributed by atoms with Crippen molar-refractivity contribution in [2.45, 2.75) is 53.5 Å². The average Bonchev–Trinajstić information content (AvgIpc) is 3.97. The molecule has 6 heteroatoms. The van der Waals surface area contributed by atoms with Crippen molar-refractivity contribution in [3.8, 4) is 45.5 Å². The molecule has 2 unspecified atom stereocenters. The number of fused-ring (bicyclic) bond motifs is 9. The lowest BCUT2D eigenvalue weighted by molar-refractivity contribution is 0.737. The minimum atomic E-state index is 0.00602. The van der Waals surface area contributed by atoms with Gasteiger partial charge in [0, 0.05) is 49.8 Å². The first-order chi connectivity index (χ1) is 33.6. The Kier molecular flexibility index (Phi) is 9.25. The summed E-state index contributed by atoms with van der Waals surface area (Å²) in [6, 6.07) is 59.9. The molecule has 2 atom stereocenters. The lowest BCUT2D eigenvalue weighted by Gasteiger charge is -2.33. The summed E-state index contributed by atoms with van der Waals surface area (Å²) in [6.45, 7) is 13.2. The second-order valence-electron chi connectivity index (χ2n) is 19.4. The molecule has 0 N–H and O–H groups in total. The topological polar surface area (TPSA) is 51.8 Å². The molecule has 6 nitrogen and oxygen atoms in total. The van der Waals surface area contributed by atoms with Gasteiger partial charge in [-0.15, -0.1) is 0 Å². The van der Waals surface area contributed by atoms with E-state index in [2.05, 4.69) is 201 Å². The third-order valence-corrected chi connectivity index (χ3v) is 14.4. The van der Waals surface area contributed by atoms with Gasteiger partial charge in [-0.3, -0.25) is 0 Å². The molecule has 0 fully saturated rings. The van der Waals surface area contributed by atoms with Gasteiger partial charge in [0.1, 0.15) is 0 Å². The van der Waals surface area contributed by atoms with Crippen molar-refractivity contribution >= 4 is 55.0 Å². The van der Waals surface area contributed by atoms with Crippen molar-refractivity contribution in [1.82, 2.24) is 24.1 Å². The Bertz CT molecular complexity index is 3810. The summed E-state index contributed by atoms with van der Waals surface area (Å²) in [6.07, 6.45) is 7.17. The molecule has 0 saturated carbocycles. The SMILES string of the molecule is CC1=CC2c3cc(C)ccc3N(c3cc(-c4nc(-c5ccccc5)nc(-c5ccccc5)n4)cc(-n4c5ccc(C)cc5c5cc(C)ccc54)c3-n3c4ccc(C)cc4c4cc(C)ccc43)C2C=C1. The molecule has 69 heavy (non-hydrogen) atoms. The molecule has 8 aromatic carbocycles. The molecule has 0 amide bonds. The number of aryl methyl sites for hydroxylation is 5. The van der Waals surface area contributed by atoms with E-state index in [-0.39, 0.29) is 12.0 Å². The van der Waals surface area contributed by atoms with Crippen LogP contribution in [-0.4, -0.2) is 30.1 Å². The van der Waals surface area contributed by atoms with Crippen LogP contribution in [0.4, 0.5) is 11.4 Å². The number of hydrogen-bond acceptors (Lipinski definition) is 4. The van der Waals surface area contributed by atoms with Gasteiger partial charge < -0.3 is 14.0 Å². The summed E-state index contributed by atoms with van der Waals surface area (Å²) in [4.78, 5) is 18.6. The molecule has 2 aliphatic rings. The summed E-state index contributed by atoms with van der Waals surface area (Å²) in [5.74, 6) is 2.01. The molecule has 3 aromatic heterocycles. The molecule has 0 spiro atoms. The fourth-order valence-electron chi connectivity index (χ4n) is 11.2. The number of rotatable bonds is 6. The molecule has 4 heterocycles. The Labute approximate surface area is 402 Å². The van der Waals surface area contributed by atoms with E-state index in [9.17, 15) is 0 Å². The molecule has 13 rings (SSSR count). The molecule has 0 radical (unpaired) electrons. The van der Waals surface area contributed by atoms with Gasteiger partial charge in [-0.2, -0.15) is 0 Å². The maximum Gasteiger partial charge on any atom is 0.164 e. The normalized spacial score (nSPS) is 15.4. The lowest BCUT2D eigenvalue weighted by atomic mass is 9.88. The molecule has 1 aliphatic carbocycles. The fourth-order valence-corrected chi connectivity index (χ4v) is 11.2. The smallest absolute Gasteiger partial charge is 0.164 e. The highest BCUT2D eigenvalue weighted by atomic mass is 15.2. The Balaban J connectivity index is 1.24. The van der Waals surface area contributed by atoms with E-state index in [4.69, 9.17) is 15.0 Å². The fraction of sp³-hybridized carbons (Fsp3) is 0.127. The van der Waals surface area contributed by atoms with Gasteiger partial charge in [-0.1, -0.05) is 149 Å². The Morgan fingerprint density at radius 1 is 0.391 bits per heavy atom. The van der Waals surface area contributed by atoms with Gasteiger partial charge in [0.15, 0.2) is 17.5 Å². The zero-order valence-corrected chi connectivity index (χ0v) is 39.7. The lowest BCUT2D eigenvalue weighted by Crippen LogP contribution is -2.30. The predicted molar refractivity (Wildman–Crippen MR) is 287 cm³/mol. The highest BCUT2D eigenvalue weighted by Crippen LogP contribution is 2.53. The first-order valence-electron chi connectivity index (χ1n) is 24.0. The first kappa shape index (κ1) is 40.9. The molecular formula is C63H50N6. The van der Waals surface area contributed by atoms with E-state index >= 15 is 0 Å². The number of anilines is 2. The third-order valence-electron chi connectivity index (χ3n) is 14.4. The number of allylic oxidation sites excluding steroid dienone is 2. The van der Waals surface area contributed by atoms with Crippen molar-refractivity contribution in [2.24, 2.45) is 0 Å². The van der Waals surface area contributed by atoms with E-state index in [1.807, 2.05) is 36.4 Å². The Morgan fingerprint density at radius 2 is 0.826 bits per heavy atom. The standard InChI is InChI=1S/C63H50N6/c1-37-17-23-52-46(29-37)47-30-38(2)18-24-53(47)67(52)58-35-45(63-65-61(43-13-9-7-10-14-43)64-62(66-63)44-15-11-8-12-16-44)36-59(68-54-25-19-39(3)31-48(54)49-32-40(4)20-26-55(49)68)60(58)69-56-27-21-41(5)33-50(56)51-34-42(6)22-28-57(51)69/h7-36,46,52H,1-6H3. The maximum absolute atomic E-state index is 5.42. The number of hydrogen-bond donors (Lipinski definition) is 0. The van der Waals surface area contributed by atoms with Crippen LogP contribution in [0.15, 0.2) is 188 Å². The number of benzene rings is 8. The van der Waals surface area contributed by atoms with Crippen molar-refractivity contribution in [2.75, 3.05) is 4.90 Å². The van der Waals surface area contributed by atoms with E-state index in [0.717, 1.165) is 55.8 Å². The Morgan fingerprint density at radius 3 is 1.33 bits per heavy atom. The molecule has 0 bridgehead atoms. The molecule has 332 valence electrons. The number of aromatic nitrogens is 5. The second kappa shape index (κ2) is 15.6. The first-order valence-corrected chi connectivity index (χ1v) is 24.0. The van der Waals surface area contributed by atoms with E-state index in [1.165, 1.54) is 66.2 Å². The minimum absolute atomic E-state index is 0.00602. The van der Waals surface area contributed by atoms with Crippen molar-refractivity contribution in [1.29, 1.82) is 0 Å². The zero-order valence-electron chi connectivity index (χ0n) is 39.7. The van der Waals surface area contributed by atoms with Crippen LogP contribution in [0.5, 0.6) is 0 Å². The average molecular weight is 891 g/mol. The van der Waals surface area contributed by atoms with Gasteiger partial charge in [-0.05, 0) is 114 Å². The predicted octanol–water partition coefficient (Wildman–Crippen LogP) is 15.7. The largest absolute Gasteiger partial charge is 0.331 e. The van der Waals surface area contributed by atoms with Crippen LogP contribution in [0.25, 0.3) is 89.2 Å². The van der Waals surface area contributed by atoms with Crippen LogP contribution in [0.2, 0.25) is 0 Å². The highest BCUT2D eigenvalue weighted by Gasteiger charge is 2.40. The molecule has 0 saturated heterocycles. The van der Waals surface area contributed by atoms with E-state index in [1.54, 1.807) is 0 Å². The summed E-state index contributed by atoms with van der Waals surface area (Å²) < 4.78 is 5.05. The highest BCUT2D eigenvalue weighted by molar-refractivity contribution is 6.13. The quantitative estimate of drug-likeness (QED) is 0.167. The summed E-state index contributed by atoms with van der Waals surface area (Å²) >= 11 is 0. The maximum atomic E-state index is 5.42. The van der Waals surface area contributed by atoms with Gasteiger partial charge in [0.05, 0.1) is 45.2 Å². The minimum Gasteiger partial charge on any atom is -0.331 e. The van der Waals surface area contributed by atoms with Gasteiger partial charge in [-0.25, -0.2) is 15.0 Å². The van der Waals surface area contributed by atoms with Gasteiger partial charge in [0.25, 0.3) is 0 Å². The van der Waals surface area contributed by atoms with E-state index in [0.29, 0.717) is 17.5 Å². The Hall–Kier alpha value is -8.35. The van der Waals surface area contributed by atoms with Crippen LogP contribution in [-0.2, 0) is 0 Å². The van der Waals surface area contributed by atoms with Crippen LogP contribution in [0, 0.1) is 34.6 Å². The molecule has 1 aliphatic heterocycles. The van der Waals surface area contributed by atoms with Crippen LogP contribution >= 0.6 is 0 Å².